The molecule has 3 heterocycles. The van der Waals surface area contributed by atoms with E-state index in [1.54, 1.807) is 0 Å². The van der Waals surface area contributed by atoms with Crippen LogP contribution in [0.3, 0.4) is 0 Å². The Morgan fingerprint density at radius 2 is 1.69 bits per heavy atom. The van der Waals surface area contributed by atoms with E-state index < -0.39 is 65.9 Å². The smallest absolute Gasteiger partial charge is 0.387 e. The van der Waals surface area contributed by atoms with Crippen molar-refractivity contribution in [3.05, 3.63) is 27.2 Å². The molecule has 2 aromatic heterocycles. The fourth-order valence-corrected chi connectivity index (χ4v) is 5.74. The number of hydrogen-bond acceptors (Lipinski definition) is 12. The molecule has 0 spiro atoms. The molecule has 3 rings (SSSR count). The third-order valence-corrected chi connectivity index (χ3v) is 7.70. The van der Waals surface area contributed by atoms with Crippen LogP contribution in [0.4, 0.5) is 0 Å². The number of hydrogen-bond donors (Lipinski definition) is 8. The first-order chi connectivity index (χ1) is 14.6. The second kappa shape index (κ2) is 8.66. The van der Waals surface area contributed by atoms with Gasteiger partial charge in [-0.15, -0.1) is 0 Å². The zero-order valence-corrected chi connectivity index (χ0v) is 17.9. The Bertz CT molecular complexity index is 1260. The Labute approximate surface area is 174 Å². The van der Waals surface area contributed by atoms with Crippen LogP contribution in [-0.4, -0.2) is 74.2 Å². The van der Waals surface area contributed by atoms with Crippen molar-refractivity contribution in [2.45, 2.75) is 24.5 Å². The predicted octanol–water partition coefficient (Wildman–Crippen LogP) is -2.62. The van der Waals surface area contributed by atoms with Gasteiger partial charge in [-0.2, -0.15) is 8.62 Å². The second-order valence-corrected chi connectivity index (χ2v) is 10.6. The number of aromatic amines is 2. The summed E-state index contributed by atoms with van der Waals surface area (Å²) < 4.78 is 51.4. The van der Waals surface area contributed by atoms with E-state index in [0.29, 0.717) is 0 Å². The van der Waals surface area contributed by atoms with Crippen LogP contribution in [0.25, 0.3) is 11.2 Å². The van der Waals surface area contributed by atoms with Gasteiger partial charge in [0.1, 0.15) is 24.0 Å². The number of phosphoric acid groups is 3. The third-order valence-electron chi connectivity index (χ3n) is 3.90. The summed E-state index contributed by atoms with van der Waals surface area (Å²) in [5.41, 5.74) is -2.16. The van der Waals surface area contributed by atoms with Crippen LogP contribution in [0.2, 0.25) is 0 Å². The molecule has 6 atom stereocenters. The van der Waals surface area contributed by atoms with Gasteiger partial charge in [0, 0.05) is 0 Å². The van der Waals surface area contributed by atoms with Gasteiger partial charge in [0.2, 0.25) is 0 Å². The summed E-state index contributed by atoms with van der Waals surface area (Å²) in [7, 11) is -16.8. The number of H-pyrrole nitrogens is 2. The third kappa shape index (κ3) is 5.67. The quantitative estimate of drug-likeness (QED) is 0.164. The van der Waals surface area contributed by atoms with Crippen LogP contribution < -0.4 is 11.2 Å². The molecule has 0 radical (unpaired) electrons. The van der Waals surface area contributed by atoms with Gasteiger partial charge in [0.25, 0.3) is 5.56 Å². The Kier molecular flexibility index (Phi) is 6.78. The molecule has 19 nitrogen and oxygen atoms in total. The molecule has 0 aliphatic carbocycles. The average Bonchev–Trinajstić information content (AvgIpc) is 3.12. The van der Waals surface area contributed by atoms with E-state index in [-0.39, 0.29) is 11.2 Å². The topological polar surface area (TPSA) is 293 Å². The fraction of sp³-hybridized carbons (Fsp3) is 0.500. The maximum absolute atomic E-state index is 11.8. The first-order valence-electron chi connectivity index (χ1n) is 8.08. The lowest BCUT2D eigenvalue weighted by Gasteiger charge is -2.19. The van der Waals surface area contributed by atoms with Crippen molar-refractivity contribution in [1.29, 1.82) is 0 Å². The minimum atomic E-state index is -5.75. The Morgan fingerprint density at radius 1 is 1.03 bits per heavy atom. The lowest BCUT2D eigenvalue weighted by Crippen LogP contribution is -2.33. The van der Waals surface area contributed by atoms with Crippen LogP contribution in [0.1, 0.15) is 6.23 Å². The monoisotopic (exact) mass is 524 g/mol. The molecule has 0 bridgehead atoms. The summed E-state index contributed by atoms with van der Waals surface area (Å²) in [6.07, 6.45) is -5.54. The lowest BCUT2D eigenvalue weighted by atomic mass is 10.1. The molecule has 1 saturated heterocycles. The number of aliphatic hydroxyl groups is 2. The Hall–Kier alpha value is -1.56. The molecule has 0 aromatic carbocycles. The highest BCUT2D eigenvalue weighted by Gasteiger charge is 2.46. The number of phosphoric ester groups is 1. The maximum Gasteiger partial charge on any atom is 0.490 e. The average molecular weight is 524 g/mol. The van der Waals surface area contributed by atoms with Gasteiger partial charge in [0.05, 0.1) is 12.9 Å². The van der Waals surface area contributed by atoms with Gasteiger partial charge in [-0.25, -0.2) is 23.5 Å². The van der Waals surface area contributed by atoms with Crippen molar-refractivity contribution < 1.29 is 61.4 Å². The lowest BCUT2D eigenvalue weighted by molar-refractivity contribution is -0.0503. The zero-order valence-electron chi connectivity index (χ0n) is 15.2. The first-order valence-corrected chi connectivity index (χ1v) is 12.6. The van der Waals surface area contributed by atoms with Gasteiger partial charge in [0.15, 0.2) is 11.7 Å². The van der Waals surface area contributed by atoms with Crippen molar-refractivity contribution in [2.24, 2.45) is 0 Å². The van der Waals surface area contributed by atoms with Gasteiger partial charge < -0.3 is 34.5 Å². The minimum absolute atomic E-state index is 0.177. The SMILES string of the molecule is O=c1[nH]c(=O)c2ncn([C@H]3O[C@@H](COP(=O)(O)OP(=O)(O)OP(=O)(O)O)C(O)C3O)c2[nH]1. The minimum Gasteiger partial charge on any atom is -0.387 e. The molecule has 32 heavy (non-hydrogen) atoms. The molecule has 4 unspecified atom stereocenters. The Balaban J connectivity index is 1.73. The standard InChI is InChI=1S/C10H15N4O15P3/c15-5-3(1-26-31(22,23)29-32(24,25)28-30(19,20)21)27-9(6(5)16)14-2-11-4-7(14)12-10(18)13-8(4)17/h2-3,5-6,9,15-16H,1H2,(H,22,23)(H,24,25)(H2,19,20,21)(H2,12,13,17,18)/t3-,5?,6?,9-/m0/s1. The summed E-state index contributed by atoms with van der Waals surface area (Å²) in [5, 5.41) is 20.3. The largest absolute Gasteiger partial charge is 0.490 e. The second-order valence-electron chi connectivity index (χ2n) is 6.19. The van der Waals surface area contributed by atoms with Crippen LogP contribution >= 0.6 is 23.5 Å². The van der Waals surface area contributed by atoms with E-state index in [9.17, 15) is 38.4 Å². The molecule has 1 aliphatic rings. The summed E-state index contributed by atoms with van der Waals surface area (Å²) in [6.45, 7) is -1.04. The molecular weight excluding hydrogens is 509 g/mol. The number of aliphatic hydroxyl groups excluding tert-OH is 2. The summed E-state index contributed by atoms with van der Waals surface area (Å²) in [5.74, 6) is 0. The van der Waals surface area contributed by atoms with Crippen LogP contribution in [0.5, 0.6) is 0 Å². The molecule has 180 valence electrons. The summed E-state index contributed by atoms with van der Waals surface area (Å²) in [4.78, 5) is 66.7. The van der Waals surface area contributed by atoms with Gasteiger partial charge in [-0.05, 0) is 0 Å². The van der Waals surface area contributed by atoms with E-state index in [0.717, 1.165) is 10.9 Å². The molecular formula is C10H15N4O15P3. The highest BCUT2D eigenvalue weighted by molar-refractivity contribution is 7.66. The number of aromatic nitrogens is 4. The number of nitrogens with zero attached hydrogens (tertiary/aromatic N) is 2. The highest BCUT2D eigenvalue weighted by Crippen LogP contribution is 2.66. The van der Waals surface area contributed by atoms with Gasteiger partial charge in [-0.3, -0.25) is 23.9 Å². The van der Waals surface area contributed by atoms with E-state index in [4.69, 9.17) is 19.4 Å². The molecule has 0 saturated carbocycles. The molecule has 2 aromatic rings. The number of fused-ring (bicyclic) bond motifs is 1. The summed E-state index contributed by atoms with van der Waals surface area (Å²) >= 11 is 0. The van der Waals surface area contributed by atoms with E-state index in [1.165, 1.54) is 0 Å². The first kappa shape index (κ1) is 25.1. The highest BCUT2D eigenvalue weighted by atomic mass is 31.3. The van der Waals surface area contributed by atoms with Crippen LogP contribution in [0.15, 0.2) is 15.9 Å². The van der Waals surface area contributed by atoms with E-state index in [2.05, 4.69) is 23.1 Å². The molecule has 1 fully saturated rings. The molecule has 0 amide bonds. The van der Waals surface area contributed by atoms with Crippen LogP contribution in [-0.2, 0) is 31.6 Å². The van der Waals surface area contributed by atoms with Crippen molar-refractivity contribution in [2.75, 3.05) is 6.61 Å². The molecule has 8 N–H and O–H groups in total. The normalized spacial score (nSPS) is 27.9. The van der Waals surface area contributed by atoms with Gasteiger partial charge in [-0.1, -0.05) is 0 Å². The summed E-state index contributed by atoms with van der Waals surface area (Å²) in [6, 6.07) is 0. The zero-order chi connectivity index (χ0) is 24.1. The van der Waals surface area contributed by atoms with Crippen molar-refractivity contribution in [3.8, 4) is 0 Å². The number of ether oxygens (including phenoxy) is 1. The molecule has 1 aliphatic heterocycles. The van der Waals surface area contributed by atoms with Crippen molar-refractivity contribution in [3.63, 3.8) is 0 Å². The van der Waals surface area contributed by atoms with Crippen molar-refractivity contribution >= 4 is 34.6 Å². The number of imidazole rings is 1. The van der Waals surface area contributed by atoms with Crippen LogP contribution in [0, 0.1) is 0 Å². The van der Waals surface area contributed by atoms with Crippen molar-refractivity contribution in [1.82, 2.24) is 19.5 Å². The van der Waals surface area contributed by atoms with Gasteiger partial charge >= 0.3 is 29.2 Å². The number of rotatable bonds is 8. The Morgan fingerprint density at radius 3 is 2.31 bits per heavy atom. The van der Waals surface area contributed by atoms with E-state index >= 15 is 0 Å². The molecule has 22 heteroatoms. The maximum atomic E-state index is 11.8. The number of nitrogens with one attached hydrogen (secondary N) is 2. The fourth-order valence-electron chi connectivity index (χ4n) is 2.71. The predicted molar refractivity (Wildman–Crippen MR) is 96.7 cm³/mol. The van der Waals surface area contributed by atoms with E-state index in [1.807, 2.05) is 4.98 Å².